The number of rotatable bonds is 4. The van der Waals surface area contributed by atoms with Gasteiger partial charge in [-0.3, -0.25) is 10.1 Å². The molecule has 0 spiro atoms. The first-order valence-electron chi connectivity index (χ1n) is 5.63. The number of imide groups is 1. The summed E-state index contributed by atoms with van der Waals surface area (Å²) in [5, 5.41) is 7.72. The molecular formula is C11H21N3O2. The van der Waals surface area contributed by atoms with Crippen LogP contribution in [-0.2, 0) is 4.79 Å². The number of nitrogens with one attached hydrogen (secondary N) is 3. The Balaban J connectivity index is 2.22. The molecule has 1 saturated carbocycles. The van der Waals surface area contributed by atoms with Gasteiger partial charge in [-0.15, -0.1) is 0 Å². The van der Waals surface area contributed by atoms with Gasteiger partial charge in [-0.05, 0) is 31.2 Å². The topological polar surface area (TPSA) is 70.2 Å². The molecule has 16 heavy (non-hydrogen) atoms. The molecule has 5 heteroatoms. The van der Waals surface area contributed by atoms with Crippen molar-refractivity contribution >= 4 is 11.9 Å². The van der Waals surface area contributed by atoms with E-state index in [1.807, 2.05) is 0 Å². The molecule has 0 aliphatic heterocycles. The highest BCUT2D eigenvalue weighted by atomic mass is 16.2. The Bertz CT molecular complexity index is 289. The summed E-state index contributed by atoms with van der Waals surface area (Å²) in [6.07, 6.45) is 1.20. The predicted octanol–water partition coefficient (Wildman–Crippen LogP) is 0.466. The van der Waals surface area contributed by atoms with Crippen molar-refractivity contribution in [3.05, 3.63) is 0 Å². The molecule has 1 fully saturated rings. The van der Waals surface area contributed by atoms with Crippen LogP contribution in [0.3, 0.4) is 0 Å². The predicted molar refractivity (Wildman–Crippen MR) is 62.0 cm³/mol. The molecule has 92 valence electrons. The molecule has 5 nitrogen and oxygen atoms in total. The zero-order valence-corrected chi connectivity index (χ0v) is 10.4. The summed E-state index contributed by atoms with van der Waals surface area (Å²) < 4.78 is 0. The van der Waals surface area contributed by atoms with Gasteiger partial charge in [0.05, 0.1) is 6.04 Å². The average molecular weight is 227 g/mol. The van der Waals surface area contributed by atoms with Crippen LogP contribution in [0.2, 0.25) is 0 Å². The largest absolute Gasteiger partial charge is 0.341 e. The minimum Gasteiger partial charge on any atom is -0.341 e. The van der Waals surface area contributed by atoms with Crippen molar-refractivity contribution in [2.24, 2.45) is 11.3 Å². The van der Waals surface area contributed by atoms with Crippen molar-refractivity contribution in [1.82, 2.24) is 16.0 Å². The quantitative estimate of drug-likeness (QED) is 0.653. The Hall–Kier alpha value is -1.10. The molecule has 0 bridgehead atoms. The van der Waals surface area contributed by atoms with Crippen LogP contribution in [0.15, 0.2) is 0 Å². The van der Waals surface area contributed by atoms with Crippen molar-refractivity contribution in [1.29, 1.82) is 0 Å². The first-order valence-corrected chi connectivity index (χ1v) is 5.63. The molecule has 3 N–H and O–H groups in total. The Kier molecular flexibility index (Phi) is 3.91. The van der Waals surface area contributed by atoms with Gasteiger partial charge in [-0.2, -0.15) is 0 Å². The molecule has 2 atom stereocenters. The first-order chi connectivity index (χ1) is 7.36. The van der Waals surface area contributed by atoms with Crippen LogP contribution in [0.25, 0.3) is 0 Å². The van der Waals surface area contributed by atoms with Crippen molar-refractivity contribution < 1.29 is 9.59 Å². The third kappa shape index (κ3) is 3.48. The van der Waals surface area contributed by atoms with Gasteiger partial charge in [0.2, 0.25) is 5.91 Å². The second-order valence-electron chi connectivity index (χ2n) is 5.09. The van der Waals surface area contributed by atoms with Gasteiger partial charge in [0.15, 0.2) is 0 Å². The minimum atomic E-state index is -0.467. The maximum absolute atomic E-state index is 11.5. The molecular weight excluding hydrogens is 206 g/mol. The van der Waals surface area contributed by atoms with Crippen LogP contribution in [0.1, 0.15) is 27.2 Å². The average Bonchev–Trinajstić information content (AvgIpc) is 2.82. The van der Waals surface area contributed by atoms with Crippen LogP contribution >= 0.6 is 0 Å². The van der Waals surface area contributed by atoms with Crippen LogP contribution in [0.4, 0.5) is 4.79 Å². The summed E-state index contributed by atoms with van der Waals surface area (Å²) in [5.74, 6) is 0.348. The van der Waals surface area contributed by atoms with Gasteiger partial charge >= 0.3 is 6.03 Å². The van der Waals surface area contributed by atoms with Crippen molar-refractivity contribution in [3.63, 3.8) is 0 Å². The number of carbonyl (C=O) groups is 2. The fourth-order valence-corrected chi connectivity index (χ4v) is 1.62. The van der Waals surface area contributed by atoms with Crippen LogP contribution < -0.4 is 16.0 Å². The number of hydrogen-bond acceptors (Lipinski definition) is 3. The van der Waals surface area contributed by atoms with E-state index >= 15 is 0 Å². The Morgan fingerprint density at radius 2 is 2.00 bits per heavy atom. The lowest BCUT2D eigenvalue weighted by atomic mass is 10.1. The molecule has 1 aliphatic carbocycles. The van der Waals surface area contributed by atoms with Gasteiger partial charge in [-0.1, -0.05) is 13.8 Å². The highest BCUT2D eigenvalue weighted by Gasteiger charge is 2.45. The van der Waals surface area contributed by atoms with Crippen molar-refractivity contribution in [2.45, 2.75) is 33.2 Å². The van der Waals surface area contributed by atoms with Crippen molar-refractivity contribution in [2.75, 3.05) is 13.6 Å². The number of amides is 3. The molecule has 0 aromatic carbocycles. The summed E-state index contributed by atoms with van der Waals surface area (Å²) >= 11 is 0. The highest BCUT2D eigenvalue weighted by molar-refractivity contribution is 5.96. The summed E-state index contributed by atoms with van der Waals surface area (Å²) in [4.78, 5) is 22.4. The summed E-state index contributed by atoms with van der Waals surface area (Å²) in [7, 11) is 1.48. The standard InChI is InChI=1S/C11H21N3O2/c1-7(9(15)14-10(16)12-4)13-6-8-5-11(8,2)3/h7-8,13H,5-6H2,1-4H3,(H2,12,14,15,16). The van der Waals surface area contributed by atoms with E-state index in [1.165, 1.54) is 13.5 Å². The molecule has 1 rings (SSSR count). The van der Waals surface area contributed by atoms with E-state index < -0.39 is 6.03 Å². The van der Waals surface area contributed by atoms with Crippen molar-refractivity contribution in [3.8, 4) is 0 Å². The second-order valence-corrected chi connectivity index (χ2v) is 5.09. The Morgan fingerprint density at radius 1 is 1.44 bits per heavy atom. The van der Waals surface area contributed by atoms with Crippen LogP contribution in [0, 0.1) is 11.3 Å². The molecule has 3 amide bonds. The van der Waals surface area contributed by atoms with E-state index in [0.29, 0.717) is 11.3 Å². The zero-order chi connectivity index (χ0) is 12.3. The molecule has 0 aromatic rings. The number of urea groups is 1. The lowest BCUT2D eigenvalue weighted by Gasteiger charge is -2.13. The van der Waals surface area contributed by atoms with Gasteiger partial charge in [0.1, 0.15) is 0 Å². The van der Waals surface area contributed by atoms with E-state index in [2.05, 4.69) is 29.8 Å². The van der Waals surface area contributed by atoms with E-state index in [1.54, 1.807) is 6.92 Å². The van der Waals surface area contributed by atoms with E-state index in [9.17, 15) is 9.59 Å². The van der Waals surface area contributed by atoms with Gasteiger partial charge in [0, 0.05) is 7.05 Å². The maximum atomic E-state index is 11.5. The third-order valence-electron chi connectivity index (χ3n) is 3.25. The molecule has 0 aromatic heterocycles. The third-order valence-corrected chi connectivity index (χ3v) is 3.25. The molecule has 2 unspecified atom stereocenters. The Labute approximate surface area is 96.4 Å². The van der Waals surface area contributed by atoms with Crippen LogP contribution in [0.5, 0.6) is 0 Å². The Morgan fingerprint density at radius 3 is 2.44 bits per heavy atom. The molecule has 1 aliphatic rings. The lowest BCUT2D eigenvalue weighted by molar-refractivity contribution is -0.121. The van der Waals surface area contributed by atoms with Crippen LogP contribution in [-0.4, -0.2) is 31.6 Å². The fourth-order valence-electron chi connectivity index (χ4n) is 1.62. The SMILES string of the molecule is CNC(=O)NC(=O)C(C)NCC1CC1(C)C. The first kappa shape index (κ1) is 13.0. The molecule has 0 radical (unpaired) electrons. The summed E-state index contributed by atoms with van der Waals surface area (Å²) in [6.45, 7) is 7.02. The zero-order valence-electron chi connectivity index (χ0n) is 10.4. The van der Waals surface area contributed by atoms with Gasteiger partial charge < -0.3 is 10.6 Å². The molecule has 0 heterocycles. The van der Waals surface area contributed by atoms with Gasteiger partial charge in [-0.25, -0.2) is 4.79 Å². The maximum Gasteiger partial charge on any atom is 0.321 e. The minimum absolute atomic E-state index is 0.294. The summed E-state index contributed by atoms with van der Waals surface area (Å²) in [5.41, 5.74) is 0.407. The van der Waals surface area contributed by atoms with E-state index in [0.717, 1.165) is 6.54 Å². The summed E-state index contributed by atoms with van der Waals surface area (Å²) in [6, 6.07) is -0.806. The van der Waals surface area contributed by atoms with Gasteiger partial charge in [0.25, 0.3) is 0 Å². The normalized spacial score (nSPS) is 23.4. The fraction of sp³-hybridized carbons (Fsp3) is 0.818. The smallest absolute Gasteiger partial charge is 0.321 e. The number of hydrogen-bond donors (Lipinski definition) is 3. The molecule has 0 saturated heterocycles. The second kappa shape index (κ2) is 4.82. The highest BCUT2D eigenvalue weighted by Crippen LogP contribution is 2.50. The lowest BCUT2D eigenvalue weighted by Crippen LogP contribution is -2.47. The van der Waals surface area contributed by atoms with E-state index in [-0.39, 0.29) is 11.9 Å². The number of carbonyl (C=O) groups excluding carboxylic acids is 2. The monoisotopic (exact) mass is 227 g/mol. The van der Waals surface area contributed by atoms with E-state index in [4.69, 9.17) is 0 Å².